The number of benzene rings is 1. The number of rotatable bonds is 5. The van der Waals surface area contributed by atoms with Crippen LogP contribution in [0.15, 0.2) is 54.9 Å². The Kier molecular flexibility index (Phi) is 4.82. The van der Waals surface area contributed by atoms with E-state index in [4.69, 9.17) is 0 Å². The molecule has 0 aliphatic rings. The molecule has 0 aliphatic carbocycles. The first-order valence-electron chi connectivity index (χ1n) is 7.95. The number of aromatic nitrogens is 2. The van der Waals surface area contributed by atoms with Crippen molar-refractivity contribution in [2.24, 2.45) is 0 Å². The molecule has 5 heteroatoms. The van der Waals surface area contributed by atoms with Gasteiger partial charge >= 0.3 is 0 Å². The summed E-state index contributed by atoms with van der Waals surface area (Å²) in [5.41, 5.74) is 3.02. The molecule has 0 unspecified atom stereocenters. The number of aliphatic hydroxyl groups excluding tert-OH is 1. The lowest BCUT2D eigenvalue weighted by Gasteiger charge is -2.21. The van der Waals surface area contributed by atoms with Crippen molar-refractivity contribution in [3.05, 3.63) is 60.4 Å². The molecule has 0 bridgehead atoms. The molecule has 0 saturated carbocycles. The SMILES string of the molecule is CCN(CCO)C(=O)c1cc(-c2ccncc2)nc2ccccc12. The Morgan fingerprint density at radius 1 is 1.17 bits per heavy atom. The Morgan fingerprint density at radius 3 is 2.62 bits per heavy atom. The normalized spacial score (nSPS) is 10.8. The first kappa shape index (κ1) is 16.1. The predicted octanol–water partition coefficient (Wildman–Crippen LogP) is 2.75. The van der Waals surface area contributed by atoms with Crippen LogP contribution < -0.4 is 0 Å². The van der Waals surface area contributed by atoms with Gasteiger partial charge in [0, 0.05) is 36.4 Å². The van der Waals surface area contributed by atoms with Gasteiger partial charge in [-0.15, -0.1) is 0 Å². The minimum Gasteiger partial charge on any atom is -0.395 e. The van der Waals surface area contributed by atoms with Crippen molar-refractivity contribution >= 4 is 16.8 Å². The van der Waals surface area contributed by atoms with E-state index in [-0.39, 0.29) is 12.5 Å². The maximum atomic E-state index is 12.9. The van der Waals surface area contributed by atoms with Crippen molar-refractivity contribution in [3.63, 3.8) is 0 Å². The van der Waals surface area contributed by atoms with Gasteiger partial charge < -0.3 is 10.0 Å². The Labute approximate surface area is 140 Å². The Hall–Kier alpha value is -2.79. The van der Waals surface area contributed by atoms with Crippen molar-refractivity contribution < 1.29 is 9.90 Å². The van der Waals surface area contributed by atoms with E-state index < -0.39 is 0 Å². The molecule has 0 saturated heterocycles. The molecule has 1 amide bonds. The highest BCUT2D eigenvalue weighted by Crippen LogP contribution is 2.25. The summed E-state index contributed by atoms with van der Waals surface area (Å²) in [6, 6.07) is 13.2. The van der Waals surface area contributed by atoms with E-state index in [0.717, 1.165) is 22.2 Å². The van der Waals surface area contributed by atoms with E-state index in [1.807, 2.05) is 49.4 Å². The first-order valence-corrected chi connectivity index (χ1v) is 7.95. The van der Waals surface area contributed by atoms with Crippen molar-refractivity contribution in [1.82, 2.24) is 14.9 Å². The van der Waals surface area contributed by atoms with Crippen LogP contribution in [0.4, 0.5) is 0 Å². The smallest absolute Gasteiger partial charge is 0.254 e. The molecule has 3 aromatic rings. The summed E-state index contributed by atoms with van der Waals surface area (Å²) in [7, 11) is 0. The van der Waals surface area contributed by atoms with Crippen molar-refractivity contribution in [1.29, 1.82) is 0 Å². The summed E-state index contributed by atoms with van der Waals surface area (Å²) < 4.78 is 0. The van der Waals surface area contributed by atoms with Crippen LogP contribution in [0.2, 0.25) is 0 Å². The molecule has 0 fully saturated rings. The van der Waals surface area contributed by atoms with E-state index >= 15 is 0 Å². The molecule has 122 valence electrons. The zero-order valence-corrected chi connectivity index (χ0v) is 13.5. The average Bonchev–Trinajstić information content (AvgIpc) is 2.65. The largest absolute Gasteiger partial charge is 0.395 e. The predicted molar refractivity (Wildman–Crippen MR) is 93.6 cm³/mol. The van der Waals surface area contributed by atoms with Crippen LogP contribution in [-0.2, 0) is 0 Å². The third kappa shape index (κ3) is 3.12. The van der Waals surface area contributed by atoms with Gasteiger partial charge in [-0.3, -0.25) is 9.78 Å². The fourth-order valence-corrected chi connectivity index (χ4v) is 2.72. The summed E-state index contributed by atoms with van der Waals surface area (Å²) in [6.07, 6.45) is 3.41. The van der Waals surface area contributed by atoms with Crippen LogP contribution >= 0.6 is 0 Å². The minimum atomic E-state index is -0.0968. The fraction of sp³-hybridized carbons (Fsp3) is 0.211. The number of amides is 1. The highest BCUT2D eigenvalue weighted by atomic mass is 16.3. The van der Waals surface area contributed by atoms with E-state index in [1.54, 1.807) is 17.3 Å². The Bertz CT molecular complexity index is 850. The van der Waals surface area contributed by atoms with Gasteiger partial charge in [-0.25, -0.2) is 4.98 Å². The number of hydrogen-bond donors (Lipinski definition) is 1. The number of hydrogen-bond acceptors (Lipinski definition) is 4. The van der Waals surface area contributed by atoms with Gasteiger partial charge in [-0.05, 0) is 31.2 Å². The lowest BCUT2D eigenvalue weighted by Crippen LogP contribution is -2.33. The molecule has 24 heavy (non-hydrogen) atoms. The number of aliphatic hydroxyl groups is 1. The van der Waals surface area contributed by atoms with Crippen LogP contribution in [0.3, 0.4) is 0 Å². The van der Waals surface area contributed by atoms with Crippen molar-refractivity contribution in [2.75, 3.05) is 19.7 Å². The van der Waals surface area contributed by atoms with Crippen LogP contribution in [-0.4, -0.2) is 45.6 Å². The van der Waals surface area contributed by atoms with Gasteiger partial charge in [0.2, 0.25) is 0 Å². The monoisotopic (exact) mass is 321 g/mol. The number of likely N-dealkylation sites (N-methyl/N-ethyl adjacent to an activating group) is 1. The number of nitrogens with zero attached hydrogens (tertiary/aromatic N) is 3. The van der Waals surface area contributed by atoms with Crippen LogP contribution in [0, 0.1) is 0 Å². The molecule has 0 spiro atoms. The molecule has 1 N–H and O–H groups in total. The quantitative estimate of drug-likeness (QED) is 0.785. The fourth-order valence-electron chi connectivity index (χ4n) is 2.72. The van der Waals surface area contributed by atoms with Crippen molar-refractivity contribution in [2.45, 2.75) is 6.92 Å². The molecular formula is C19H19N3O2. The minimum absolute atomic E-state index is 0.0557. The number of para-hydroxylation sites is 1. The number of carbonyl (C=O) groups is 1. The molecule has 0 aliphatic heterocycles. The number of carbonyl (C=O) groups excluding carboxylic acids is 1. The second-order valence-electron chi connectivity index (χ2n) is 5.42. The van der Waals surface area contributed by atoms with Gasteiger partial charge in [0.1, 0.15) is 0 Å². The molecule has 2 heterocycles. The summed E-state index contributed by atoms with van der Waals surface area (Å²) in [5.74, 6) is -0.0968. The van der Waals surface area contributed by atoms with E-state index in [2.05, 4.69) is 9.97 Å². The van der Waals surface area contributed by atoms with Crippen LogP contribution in [0.1, 0.15) is 17.3 Å². The second kappa shape index (κ2) is 7.19. The number of fused-ring (bicyclic) bond motifs is 1. The Morgan fingerprint density at radius 2 is 1.92 bits per heavy atom. The lowest BCUT2D eigenvalue weighted by molar-refractivity contribution is 0.0734. The van der Waals surface area contributed by atoms with E-state index in [9.17, 15) is 9.90 Å². The molecule has 1 aromatic carbocycles. The topological polar surface area (TPSA) is 66.3 Å². The number of pyridine rings is 2. The molecule has 0 radical (unpaired) electrons. The maximum absolute atomic E-state index is 12.9. The third-order valence-electron chi connectivity index (χ3n) is 3.96. The lowest BCUT2D eigenvalue weighted by atomic mass is 10.0. The highest BCUT2D eigenvalue weighted by Gasteiger charge is 2.18. The van der Waals surface area contributed by atoms with Gasteiger partial charge in [-0.2, -0.15) is 0 Å². The zero-order valence-electron chi connectivity index (χ0n) is 13.5. The van der Waals surface area contributed by atoms with Gasteiger partial charge in [0.15, 0.2) is 0 Å². The summed E-state index contributed by atoms with van der Waals surface area (Å²) in [6.45, 7) is 2.71. The third-order valence-corrected chi connectivity index (χ3v) is 3.96. The van der Waals surface area contributed by atoms with Crippen molar-refractivity contribution in [3.8, 4) is 11.3 Å². The highest BCUT2D eigenvalue weighted by molar-refractivity contribution is 6.07. The average molecular weight is 321 g/mol. The molecule has 2 aromatic heterocycles. The zero-order chi connectivity index (χ0) is 16.9. The van der Waals surface area contributed by atoms with E-state index in [0.29, 0.717) is 18.7 Å². The van der Waals surface area contributed by atoms with Crippen LogP contribution in [0.5, 0.6) is 0 Å². The molecule has 3 rings (SSSR count). The summed E-state index contributed by atoms with van der Waals surface area (Å²) in [5, 5.41) is 10.0. The summed E-state index contributed by atoms with van der Waals surface area (Å²) >= 11 is 0. The van der Waals surface area contributed by atoms with Gasteiger partial charge in [0.05, 0.1) is 23.4 Å². The van der Waals surface area contributed by atoms with Gasteiger partial charge in [-0.1, -0.05) is 18.2 Å². The molecule has 0 atom stereocenters. The summed E-state index contributed by atoms with van der Waals surface area (Å²) in [4.78, 5) is 23.3. The van der Waals surface area contributed by atoms with Gasteiger partial charge in [0.25, 0.3) is 5.91 Å². The first-order chi connectivity index (χ1) is 11.7. The Balaban J connectivity index is 2.16. The maximum Gasteiger partial charge on any atom is 0.254 e. The molecule has 5 nitrogen and oxygen atoms in total. The van der Waals surface area contributed by atoms with Crippen LogP contribution in [0.25, 0.3) is 22.2 Å². The second-order valence-corrected chi connectivity index (χ2v) is 5.42. The molecular weight excluding hydrogens is 302 g/mol. The van der Waals surface area contributed by atoms with E-state index in [1.165, 1.54) is 0 Å². The standard InChI is InChI=1S/C19H19N3O2/c1-2-22(11-12-23)19(24)16-13-18(14-7-9-20-10-8-14)21-17-6-4-3-5-15(16)17/h3-10,13,23H,2,11-12H2,1H3.